The van der Waals surface area contributed by atoms with Crippen molar-refractivity contribution in [3.63, 3.8) is 0 Å². The smallest absolute Gasteiger partial charge is 0.410 e. The molecule has 5 rings (SSSR count). The zero-order valence-corrected chi connectivity index (χ0v) is 25.1. The first-order valence-electron chi connectivity index (χ1n) is 14.8. The lowest BCUT2D eigenvalue weighted by Gasteiger charge is -2.50. The Hall–Kier alpha value is -3.23. The van der Waals surface area contributed by atoms with Crippen molar-refractivity contribution in [1.82, 2.24) is 4.90 Å². The zero-order chi connectivity index (χ0) is 29.6. The Morgan fingerprint density at radius 2 is 1.36 bits per heavy atom. The Morgan fingerprint density at radius 3 is 1.90 bits per heavy atom. The van der Waals surface area contributed by atoms with Gasteiger partial charge in [0.2, 0.25) is 0 Å². The van der Waals surface area contributed by atoms with Crippen molar-refractivity contribution in [2.45, 2.75) is 89.0 Å². The first-order chi connectivity index (χ1) is 20.2. The first-order valence-corrected chi connectivity index (χ1v) is 14.8. The van der Waals surface area contributed by atoms with E-state index in [1.165, 1.54) is 0 Å². The van der Waals surface area contributed by atoms with Gasteiger partial charge in [0.1, 0.15) is 23.4 Å². The average Bonchev–Trinajstić information content (AvgIpc) is 3.36. The third-order valence-corrected chi connectivity index (χ3v) is 7.92. The Balaban J connectivity index is 1.45. The molecule has 42 heavy (non-hydrogen) atoms. The number of ether oxygens (including phenoxy) is 5. The molecular weight excluding hydrogens is 530 g/mol. The van der Waals surface area contributed by atoms with Crippen molar-refractivity contribution < 1.29 is 28.5 Å². The molecule has 0 N–H and O–H groups in total. The maximum atomic E-state index is 13.4. The van der Waals surface area contributed by atoms with Gasteiger partial charge in [0.15, 0.2) is 0 Å². The van der Waals surface area contributed by atoms with Crippen molar-refractivity contribution in [2.24, 2.45) is 0 Å². The van der Waals surface area contributed by atoms with Crippen molar-refractivity contribution in [3.8, 4) is 0 Å². The van der Waals surface area contributed by atoms with Crippen molar-refractivity contribution in [1.29, 1.82) is 0 Å². The number of amides is 1. The molecule has 0 spiro atoms. The van der Waals surface area contributed by atoms with E-state index >= 15 is 0 Å². The largest absolute Gasteiger partial charge is 0.444 e. The summed E-state index contributed by atoms with van der Waals surface area (Å²) in [6.45, 7) is 7.20. The van der Waals surface area contributed by atoms with Crippen molar-refractivity contribution >= 4 is 6.09 Å². The molecule has 0 unspecified atom stereocenters. The van der Waals surface area contributed by atoms with E-state index in [1.807, 2.05) is 99.6 Å². The highest BCUT2D eigenvalue weighted by atomic mass is 16.6. The van der Waals surface area contributed by atoms with Gasteiger partial charge in [-0.05, 0) is 50.3 Å². The summed E-state index contributed by atoms with van der Waals surface area (Å²) >= 11 is 0. The summed E-state index contributed by atoms with van der Waals surface area (Å²) in [7, 11) is 1.77. The van der Waals surface area contributed by atoms with E-state index < -0.39 is 35.5 Å². The fourth-order valence-corrected chi connectivity index (χ4v) is 5.93. The lowest BCUT2D eigenvalue weighted by molar-refractivity contribution is -0.264. The van der Waals surface area contributed by atoms with Crippen LogP contribution < -0.4 is 0 Å². The molecule has 2 fully saturated rings. The lowest BCUT2D eigenvalue weighted by Crippen LogP contribution is -2.67. The predicted molar refractivity (Wildman–Crippen MR) is 161 cm³/mol. The number of hydrogen-bond acceptors (Lipinski definition) is 6. The molecule has 5 atom stereocenters. The summed E-state index contributed by atoms with van der Waals surface area (Å²) < 4.78 is 32.4. The van der Waals surface area contributed by atoms with Gasteiger partial charge in [0, 0.05) is 7.05 Å². The van der Waals surface area contributed by atoms with Crippen LogP contribution in [0.15, 0.2) is 91.0 Å². The minimum absolute atomic E-state index is 0.250. The van der Waals surface area contributed by atoms with Crippen LogP contribution in [0.1, 0.15) is 50.3 Å². The van der Waals surface area contributed by atoms with Gasteiger partial charge in [-0.3, -0.25) is 0 Å². The standard InChI is InChI=1S/C35H43NO6/c1-34(2,3)42-33(37)36(4)30-29-20-21-35(41-29,25-38-22-26-14-8-5-9-15-26)32(40-24-28-18-12-7-13-19-28)31(30)39-23-27-16-10-6-11-17-27/h5-19,29-32H,20-25H2,1-4H3/t29-,30+,31-,32-,35-/m1/s1. The molecule has 2 aliphatic rings. The molecule has 2 bridgehead atoms. The molecular formula is C35H43NO6. The second kappa shape index (κ2) is 13.4. The van der Waals surface area contributed by atoms with Crippen LogP contribution in [0.3, 0.4) is 0 Å². The van der Waals surface area contributed by atoms with Crippen molar-refractivity contribution in [3.05, 3.63) is 108 Å². The molecule has 0 aromatic heterocycles. The molecule has 2 heterocycles. The number of benzene rings is 3. The number of fused-ring (bicyclic) bond motifs is 2. The molecule has 1 amide bonds. The van der Waals surface area contributed by atoms with Crippen LogP contribution in [0, 0.1) is 0 Å². The molecule has 3 aromatic carbocycles. The molecule has 2 aliphatic heterocycles. The summed E-state index contributed by atoms with van der Waals surface area (Å²) in [6, 6.07) is 29.9. The van der Waals surface area contributed by atoms with E-state index in [1.54, 1.807) is 11.9 Å². The number of carbonyl (C=O) groups is 1. The van der Waals surface area contributed by atoms with Crippen LogP contribution in [-0.4, -0.2) is 60.2 Å². The number of rotatable bonds is 11. The minimum Gasteiger partial charge on any atom is -0.444 e. The molecule has 3 aromatic rings. The summed E-state index contributed by atoms with van der Waals surface area (Å²) in [5.41, 5.74) is 1.85. The fraction of sp³-hybridized carbons (Fsp3) is 0.457. The first kappa shape index (κ1) is 30.2. The van der Waals surface area contributed by atoms with Gasteiger partial charge < -0.3 is 28.6 Å². The van der Waals surface area contributed by atoms with Gasteiger partial charge in [0.25, 0.3) is 0 Å². The molecule has 224 valence electrons. The molecule has 2 saturated heterocycles. The molecule has 7 heteroatoms. The molecule has 7 nitrogen and oxygen atoms in total. The van der Waals surface area contributed by atoms with Gasteiger partial charge in [0.05, 0.1) is 38.6 Å². The Labute approximate surface area is 249 Å². The Bertz CT molecular complexity index is 1260. The minimum atomic E-state index is -0.721. The number of hydrogen-bond donors (Lipinski definition) is 0. The van der Waals surface area contributed by atoms with E-state index in [9.17, 15) is 4.79 Å². The number of carbonyl (C=O) groups excluding carboxylic acids is 1. The van der Waals surface area contributed by atoms with E-state index in [2.05, 4.69) is 12.1 Å². The Kier molecular flexibility index (Phi) is 9.63. The van der Waals surface area contributed by atoms with E-state index in [4.69, 9.17) is 23.7 Å². The summed E-state index contributed by atoms with van der Waals surface area (Å²) in [6.07, 6.45) is -0.149. The second-order valence-electron chi connectivity index (χ2n) is 12.3. The zero-order valence-electron chi connectivity index (χ0n) is 25.1. The molecule has 0 aliphatic carbocycles. The highest BCUT2D eigenvalue weighted by molar-refractivity contribution is 5.68. The second-order valence-corrected chi connectivity index (χ2v) is 12.3. The van der Waals surface area contributed by atoms with Gasteiger partial charge in [-0.2, -0.15) is 0 Å². The molecule has 0 saturated carbocycles. The van der Waals surface area contributed by atoms with Crippen LogP contribution in [0.25, 0.3) is 0 Å². The van der Waals surface area contributed by atoms with Gasteiger partial charge in [-0.1, -0.05) is 91.0 Å². The maximum Gasteiger partial charge on any atom is 0.410 e. The normalized spacial score (nSPS) is 25.2. The quantitative estimate of drug-likeness (QED) is 0.260. The monoisotopic (exact) mass is 573 g/mol. The van der Waals surface area contributed by atoms with Gasteiger partial charge in [-0.15, -0.1) is 0 Å². The Morgan fingerprint density at radius 1 is 0.833 bits per heavy atom. The van der Waals surface area contributed by atoms with Gasteiger partial charge in [-0.25, -0.2) is 4.79 Å². The third-order valence-electron chi connectivity index (χ3n) is 7.92. The lowest BCUT2D eigenvalue weighted by atomic mass is 9.87. The fourth-order valence-electron chi connectivity index (χ4n) is 5.93. The SMILES string of the molecule is CN(C(=O)OC(C)(C)C)[C@@H]1[C@@H](OCc2ccccc2)[C@@H](OCc2ccccc2)[C@]2(COCc3ccccc3)CC[C@H]1O2. The van der Waals surface area contributed by atoms with Gasteiger partial charge >= 0.3 is 6.09 Å². The van der Waals surface area contributed by atoms with E-state index in [0.717, 1.165) is 29.5 Å². The van der Waals surface area contributed by atoms with Crippen molar-refractivity contribution in [2.75, 3.05) is 13.7 Å². The number of likely N-dealkylation sites (N-methyl/N-ethyl adjacent to an activating group) is 1. The highest BCUT2D eigenvalue weighted by Crippen LogP contribution is 2.46. The van der Waals surface area contributed by atoms with E-state index in [-0.39, 0.29) is 6.10 Å². The number of nitrogens with zero attached hydrogens (tertiary/aromatic N) is 1. The van der Waals surface area contributed by atoms with Crippen LogP contribution in [-0.2, 0) is 43.5 Å². The highest BCUT2D eigenvalue weighted by Gasteiger charge is 2.61. The van der Waals surface area contributed by atoms with E-state index in [0.29, 0.717) is 26.4 Å². The van der Waals surface area contributed by atoms with Crippen LogP contribution in [0.5, 0.6) is 0 Å². The van der Waals surface area contributed by atoms with Crippen LogP contribution >= 0.6 is 0 Å². The summed E-state index contributed by atoms with van der Waals surface area (Å²) in [5, 5.41) is 0. The molecule has 0 radical (unpaired) electrons. The predicted octanol–water partition coefficient (Wildman–Crippen LogP) is 6.54. The maximum absolute atomic E-state index is 13.4. The third kappa shape index (κ3) is 7.39. The summed E-state index contributed by atoms with van der Waals surface area (Å²) in [4.78, 5) is 15.0. The van der Waals surface area contributed by atoms with Crippen LogP contribution in [0.2, 0.25) is 0 Å². The summed E-state index contributed by atoms with van der Waals surface area (Å²) in [5.74, 6) is 0. The average molecular weight is 574 g/mol. The topological polar surface area (TPSA) is 66.5 Å². The van der Waals surface area contributed by atoms with Crippen LogP contribution in [0.4, 0.5) is 4.79 Å².